The number of hydrogen-bond donors (Lipinski definition) is 0. The highest BCUT2D eigenvalue weighted by molar-refractivity contribution is 6.30. The summed E-state index contributed by atoms with van der Waals surface area (Å²) >= 11 is 5.79. The van der Waals surface area contributed by atoms with Crippen molar-refractivity contribution in [3.05, 3.63) is 69.2 Å². The number of rotatable bonds is 7. The van der Waals surface area contributed by atoms with Gasteiger partial charge in [-0.3, -0.25) is 14.9 Å². The second-order valence-electron chi connectivity index (χ2n) is 5.18. The maximum absolute atomic E-state index is 12.2. The molecule has 0 saturated heterocycles. The molecule has 0 radical (unpaired) electrons. The molecule has 0 heterocycles. The first kappa shape index (κ1) is 17.7. The van der Waals surface area contributed by atoms with E-state index in [0.29, 0.717) is 29.5 Å². The van der Waals surface area contributed by atoms with Gasteiger partial charge in [0.05, 0.1) is 17.9 Å². The summed E-state index contributed by atoms with van der Waals surface area (Å²) in [5.74, 6) is 0.461. The van der Waals surface area contributed by atoms with Crippen molar-refractivity contribution in [1.29, 1.82) is 0 Å². The van der Waals surface area contributed by atoms with Gasteiger partial charge in [-0.1, -0.05) is 29.8 Å². The molecule has 0 bridgehead atoms. The third kappa shape index (κ3) is 4.96. The molecule has 2 aromatic rings. The maximum atomic E-state index is 12.2. The number of amides is 1. The molecule has 0 aliphatic heterocycles. The van der Waals surface area contributed by atoms with E-state index in [-0.39, 0.29) is 18.0 Å². The number of nitro benzene ring substituents is 1. The number of nitrogens with zero attached hydrogens (tertiary/aromatic N) is 2. The highest BCUT2D eigenvalue weighted by atomic mass is 35.5. The lowest BCUT2D eigenvalue weighted by Gasteiger charge is -2.17. The van der Waals surface area contributed by atoms with Crippen LogP contribution in [0.1, 0.15) is 5.56 Å². The highest BCUT2D eigenvalue weighted by Gasteiger charge is 2.17. The van der Waals surface area contributed by atoms with Crippen LogP contribution in [0.4, 0.5) is 5.69 Å². The van der Waals surface area contributed by atoms with E-state index in [1.807, 2.05) is 0 Å². The Morgan fingerprint density at radius 3 is 2.54 bits per heavy atom. The van der Waals surface area contributed by atoms with Crippen molar-refractivity contribution in [2.75, 3.05) is 20.2 Å². The van der Waals surface area contributed by atoms with Gasteiger partial charge in [0, 0.05) is 23.7 Å². The average molecular weight is 349 g/mol. The van der Waals surface area contributed by atoms with Crippen molar-refractivity contribution >= 4 is 23.2 Å². The Hall–Kier alpha value is -2.60. The van der Waals surface area contributed by atoms with Gasteiger partial charge in [0.1, 0.15) is 12.4 Å². The van der Waals surface area contributed by atoms with Gasteiger partial charge in [0.15, 0.2) is 0 Å². The lowest BCUT2D eigenvalue weighted by atomic mass is 10.1. The number of carbonyl (C=O) groups is 1. The Morgan fingerprint density at radius 1 is 1.21 bits per heavy atom. The molecule has 0 saturated carbocycles. The number of likely N-dealkylation sites (N-methyl/N-ethyl adjacent to an activating group) is 1. The molecule has 24 heavy (non-hydrogen) atoms. The van der Waals surface area contributed by atoms with Gasteiger partial charge in [0.25, 0.3) is 5.69 Å². The summed E-state index contributed by atoms with van der Waals surface area (Å²) < 4.78 is 5.53. The number of carbonyl (C=O) groups excluding carboxylic acids is 1. The number of benzene rings is 2. The fourth-order valence-electron chi connectivity index (χ4n) is 2.09. The molecule has 0 fully saturated rings. The van der Waals surface area contributed by atoms with Crippen molar-refractivity contribution in [1.82, 2.24) is 4.90 Å². The first-order valence-corrected chi connectivity index (χ1v) is 7.70. The normalized spacial score (nSPS) is 10.2. The molecule has 0 aliphatic rings. The topological polar surface area (TPSA) is 72.7 Å². The number of ether oxygens (including phenoxy) is 1. The largest absolute Gasteiger partial charge is 0.492 e. The second-order valence-corrected chi connectivity index (χ2v) is 5.62. The number of halogens is 1. The van der Waals surface area contributed by atoms with Crippen LogP contribution in [-0.4, -0.2) is 35.9 Å². The summed E-state index contributed by atoms with van der Waals surface area (Å²) in [6.07, 6.45) is -0.0192. The molecule has 0 N–H and O–H groups in total. The quantitative estimate of drug-likeness (QED) is 0.568. The molecule has 0 atom stereocenters. The zero-order valence-corrected chi connectivity index (χ0v) is 13.9. The minimum Gasteiger partial charge on any atom is -0.492 e. The Balaban J connectivity index is 1.86. The van der Waals surface area contributed by atoms with Crippen molar-refractivity contribution < 1.29 is 14.5 Å². The van der Waals surface area contributed by atoms with E-state index >= 15 is 0 Å². The van der Waals surface area contributed by atoms with Crippen LogP contribution in [0.25, 0.3) is 0 Å². The molecule has 0 aliphatic carbocycles. The molecule has 0 spiro atoms. The highest BCUT2D eigenvalue weighted by Crippen LogP contribution is 2.19. The molecule has 7 heteroatoms. The Kier molecular flexibility index (Phi) is 6.14. The summed E-state index contributed by atoms with van der Waals surface area (Å²) in [4.78, 5) is 24.2. The molecule has 2 aromatic carbocycles. The van der Waals surface area contributed by atoms with Crippen molar-refractivity contribution in [3.8, 4) is 5.75 Å². The van der Waals surface area contributed by atoms with E-state index in [2.05, 4.69) is 0 Å². The third-order valence-electron chi connectivity index (χ3n) is 3.46. The molecule has 6 nitrogen and oxygen atoms in total. The number of para-hydroxylation sites is 1. The van der Waals surface area contributed by atoms with Gasteiger partial charge in [0.2, 0.25) is 5.91 Å². The van der Waals surface area contributed by atoms with E-state index in [1.54, 1.807) is 49.5 Å². The molecule has 2 rings (SSSR count). The lowest BCUT2D eigenvalue weighted by molar-refractivity contribution is -0.385. The number of hydrogen-bond acceptors (Lipinski definition) is 4. The zero-order chi connectivity index (χ0) is 17.5. The third-order valence-corrected chi connectivity index (χ3v) is 3.72. The van der Waals surface area contributed by atoms with Crippen LogP contribution in [-0.2, 0) is 11.2 Å². The summed E-state index contributed by atoms with van der Waals surface area (Å²) in [6.45, 7) is 0.697. The van der Waals surface area contributed by atoms with E-state index in [4.69, 9.17) is 16.3 Å². The Morgan fingerprint density at radius 2 is 1.88 bits per heavy atom. The van der Waals surface area contributed by atoms with Crippen LogP contribution >= 0.6 is 11.6 Å². The van der Waals surface area contributed by atoms with E-state index < -0.39 is 4.92 Å². The molecule has 0 aromatic heterocycles. The molecule has 1 amide bonds. The summed E-state index contributed by atoms with van der Waals surface area (Å²) in [6, 6.07) is 13.2. The van der Waals surface area contributed by atoms with E-state index in [0.717, 1.165) is 0 Å². The fourth-order valence-corrected chi connectivity index (χ4v) is 2.22. The lowest BCUT2D eigenvalue weighted by Crippen LogP contribution is -2.32. The summed E-state index contributed by atoms with van der Waals surface area (Å²) in [5.41, 5.74) is 0.356. The number of nitro groups is 1. The van der Waals surface area contributed by atoms with Gasteiger partial charge in [-0.25, -0.2) is 0 Å². The monoisotopic (exact) mass is 348 g/mol. The van der Waals surface area contributed by atoms with Gasteiger partial charge in [-0.2, -0.15) is 0 Å². The first-order valence-electron chi connectivity index (χ1n) is 7.32. The maximum Gasteiger partial charge on any atom is 0.273 e. The predicted molar refractivity (Wildman–Crippen MR) is 91.4 cm³/mol. The van der Waals surface area contributed by atoms with Crippen LogP contribution in [0.2, 0.25) is 5.02 Å². The molecular formula is C17H17ClN2O4. The predicted octanol–water partition coefficient (Wildman–Crippen LogP) is 3.33. The van der Waals surface area contributed by atoms with Crippen LogP contribution in [0.3, 0.4) is 0 Å². The van der Waals surface area contributed by atoms with Crippen LogP contribution in [0, 0.1) is 10.1 Å². The Bertz CT molecular complexity index is 719. The van der Waals surface area contributed by atoms with E-state index in [1.165, 1.54) is 11.0 Å². The minimum atomic E-state index is -0.480. The smallest absolute Gasteiger partial charge is 0.273 e. The second kappa shape index (κ2) is 8.31. The first-order chi connectivity index (χ1) is 11.5. The zero-order valence-electron chi connectivity index (χ0n) is 13.1. The van der Waals surface area contributed by atoms with Gasteiger partial charge < -0.3 is 9.64 Å². The van der Waals surface area contributed by atoms with Crippen LogP contribution in [0.15, 0.2) is 48.5 Å². The van der Waals surface area contributed by atoms with Crippen molar-refractivity contribution in [2.45, 2.75) is 6.42 Å². The van der Waals surface area contributed by atoms with E-state index in [9.17, 15) is 14.9 Å². The molecule has 0 unspecified atom stereocenters. The summed E-state index contributed by atoms with van der Waals surface area (Å²) in [7, 11) is 1.64. The SMILES string of the molecule is CN(CCOc1ccc(Cl)cc1)C(=O)Cc1ccccc1[N+](=O)[O-]. The van der Waals surface area contributed by atoms with Gasteiger partial charge in [-0.15, -0.1) is 0 Å². The van der Waals surface area contributed by atoms with Crippen molar-refractivity contribution in [3.63, 3.8) is 0 Å². The minimum absolute atomic E-state index is 0.0192. The average Bonchev–Trinajstić information content (AvgIpc) is 2.56. The van der Waals surface area contributed by atoms with Crippen LogP contribution < -0.4 is 4.74 Å². The standard InChI is InChI=1S/C17H17ClN2O4/c1-19(10-11-24-15-8-6-14(18)7-9-15)17(21)12-13-4-2-3-5-16(13)20(22)23/h2-9H,10-12H2,1H3. The summed E-state index contributed by atoms with van der Waals surface area (Å²) in [5, 5.41) is 11.6. The van der Waals surface area contributed by atoms with Crippen molar-refractivity contribution in [2.24, 2.45) is 0 Å². The molecular weight excluding hydrogens is 332 g/mol. The van der Waals surface area contributed by atoms with Gasteiger partial charge >= 0.3 is 0 Å². The van der Waals surface area contributed by atoms with Gasteiger partial charge in [-0.05, 0) is 24.3 Å². The fraction of sp³-hybridized carbons (Fsp3) is 0.235. The van der Waals surface area contributed by atoms with Crippen LogP contribution in [0.5, 0.6) is 5.75 Å². The molecule has 126 valence electrons. The Labute approximate surface area is 144 Å².